The van der Waals surface area contributed by atoms with E-state index in [1.165, 1.54) is 16.7 Å². The maximum absolute atomic E-state index is 13.3. The highest BCUT2D eigenvalue weighted by Crippen LogP contribution is 2.25. The fourth-order valence-corrected chi connectivity index (χ4v) is 4.04. The summed E-state index contributed by atoms with van der Waals surface area (Å²) in [6.07, 6.45) is 0. The van der Waals surface area contributed by atoms with Crippen LogP contribution in [0.1, 0.15) is 24.3 Å². The zero-order chi connectivity index (χ0) is 20.3. The van der Waals surface area contributed by atoms with Gasteiger partial charge in [-0.2, -0.15) is 0 Å². The Kier molecular flexibility index (Phi) is 6.09. The molecule has 1 amide bonds. The monoisotopic (exact) mass is 398 g/mol. The molecule has 1 aromatic heterocycles. The first kappa shape index (κ1) is 20.0. The molecule has 0 spiro atoms. The second kappa shape index (κ2) is 8.52. The summed E-state index contributed by atoms with van der Waals surface area (Å²) in [5.41, 5.74) is 2.44. The zero-order valence-corrected chi connectivity index (χ0v) is 17.0. The predicted molar refractivity (Wildman–Crippen MR) is 111 cm³/mol. The third-order valence-electron chi connectivity index (χ3n) is 4.61. The Balaban J connectivity index is 1.90. The minimum atomic E-state index is -0.338. The van der Waals surface area contributed by atoms with Gasteiger partial charge in [0.2, 0.25) is 5.91 Å². The van der Waals surface area contributed by atoms with Crippen molar-refractivity contribution in [3.63, 3.8) is 0 Å². The maximum Gasteiger partial charge on any atom is 0.308 e. The topological polar surface area (TPSA) is 42.3 Å². The van der Waals surface area contributed by atoms with Gasteiger partial charge in [0.25, 0.3) is 0 Å². The molecule has 6 heteroatoms. The summed E-state index contributed by atoms with van der Waals surface area (Å²) >= 11 is 1.10. The molecule has 0 aliphatic carbocycles. The van der Waals surface area contributed by atoms with Gasteiger partial charge < -0.3 is 4.90 Å². The zero-order valence-electron chi connectivity index (χ0n) is 16.2. The van der Waals surface area contributed by atoms with Gasteiger partial charge in [-0.05, 0) is 56.2 Å². The molecule has 3 aromatic rings. The van der Waals surface area contributed by atoms with Crippen molar-refractivity contribution in [3.05, 3.63) is 80.5 Å². The largest absolute Gasteiger partial charge is 0.334 e. The van der Waals surface area contributed by atoms with Gasteiger partial charge in [-0.25, -0.2) is 4.39 Å². The lowest BCUT2D eigenvalue weighted by atomic mass is 10.1. The van der Waals surface area contributed by atoms with Crippen LogP contribution in [0.3, 0.4) is 0 Å². The standard InChI is InChI=1S/C22H23FN2O2S/c1-15(2)24(13-17-7-5-4-6-8-17)20(26)14-25-21(16(3)28-22(25)27)18-9-11-19(23)12-10-18/h4-12,15H,13-14H2,1-3H3. The first-order valence-electron chi connectivity index (χ1n) is 9.16. The molecule has 4 nitrogen and oxygen atoms in total. The summed E-state index contributed by atoms with van der Waals surface area (Å²) in [6, 6.07) is 15.8. The molecule has 0 unspecified atom stereocenters. The number of rotatable bonds is 6. The van der Waals surface area contributed by atoms with E-state index < -0.39 is 0 Å². The molecular weight excluding hydrogens is 375 g/mol. The van der Waals surface area contributed by atoms with Gasteiger partial charge >= 0.3 is 4.87 Å². The summed E-state index contributed by atoms with van der Waals surface area (Å²) in [7, 11) is 0. The lowest BCUT2D eigenvalue weighted by Gasteiger charge is -2.27. The molecule has 2 aromatic carbocycles. The van der Waals surface area contributed by atoms with Gasteiger partial charge in [-0.1, -0.05) is 41.7 Å². The van der Waals surface area contributed by atoms with E-state index in [1.54, 1.807) is 17.0 Å². The number of aryl methyl sites for hydroxylation is 1. The number of aromatic nitrogens is 1. The van der Waals surface area contributed by atoms with E-state index in [9.17, 15) is 14.0 Å². The molecule has 0 bridgehead atoms. The SMILES string of the molecule is Cc1sc(=O)n(CC(=O)N(Cc2ccccc2)C(C)C)c1-c1ccc(F)cc1. The fraction of sp³-hybridized carbons (Fsp3) is 0.273. The lowest BCUT2D eigenvalue weighted by Crippen LogP contribution is -2.39. The van der Waals surface area contributed by atoms with Crippen LogP contribution in [0.15, 0.2) is 59.4 Å². The van der Waals surface area contributed by atoms with Crippen LogP contribution in [0.5, 0.6) is 0 Å². The van der Waals surface area contributed by atoms with Crippen molar-refractivity contribution in [1.82, 2.24) is 9.47 Å². The molecule has 1 heterocycles. The molecule has 0 N–H and O–H groups in total. The van der Waals surface area contributed by atoms with E-state index in [1.807, 2.05) is 51.1 Å². The number of hydrogen-bond acceptors (Lipinski definition) is 3. The van der Waals surface area contributed by atoms with E-state index >= 15 is 0 Å². The third-order valence-corrected chi connectivity index (χ3v) is 5.51. The molecule has 0 radical (unpaired) electrons. The van der Waals surface area contributed by atoms with Crippen LogP contribution < -0.4 is 4.87 Å². The van der Waals surface area contributed by atoms with Crippen LogP contribution in [0.25, 0.3) is 11.3 Å². The van der Waals surface area contributed by atoms with E-state index in [0.29, 0.717) is 12.2 Å². The van der Waals surface area contributed by atoms with Gasteiger partial charge in [0.15, 0.2) is 0 Å². The highest BCUT2D eigenvalue weighted by Gasteiger charge is 2.22. The normalized spacial score (nSPS) is 11.0. The van der Waals surface area contributed by atoms with Crippen molar-refractivity contribution in [1.29, 1.82) is 0 Å². The van der Waals surface area contributed by atoms with Crippen molar-refractivity contribution in [2.75, 3.05) is 0 Å². The number of carbonyl (C=O) groups excluding carboxylic acids is 1. The molecule has 0 aliphatic rings. The molecule has 0 atom stereocenters. The van der Waals surface area contributed by atoms with Gasteiger partial charge in [-0.3, -0.25) is 14.2 Å². The van der Waals surface area contributed by atoms with Crippen molar-refractivity contribution in [3.8, 4) is 11.3 Å². The van der Waals surface area contributed by atoms with Crippen LogP contribution in [-0.2, 0) is 17.9 Å². The van der Waals surface area contributed by atoms with Crippen LogP contribution >= 0.6 is 11.3 Å². The van der Waals surface area contributed by atoms with Crippen LogP contribution in [-0.4, -0.2) is 21.4 Å². The number of benzene rings is 2. The molecule has 146 valence electrons. The number of hydrogen-bond donors (Lipinski definition) is 0. The van der Waals surface area contributed by atoms with Crippen LogP contribution in [0.2, 0.25) is 0 Å². The smallest absolute Gasteiger partial charge is 0.308 e. The minimum Gasteiger partial charge on any atom is -0.334 e. The highest BCUT2D eigenvalue weighted by molar-refractivity contribution is 7.09. The van der Waals surface area contributed by atoms with E-state index in [0.717, 1.165) is 27.3 Å². The second-order valence-corrected chi connectivity index (χ2v) is 8.13. The van der Waals surface area contributed by atoms with Crippen LogP contribution in [0.4, 0.5) is 4.39 Å². The summed E-state index contributed by atoms with van der Waals surface area (Å²) in [5.74, 6) is -0.461. The van der Waals surface area contributed by atoms with Crippen molar-refractivity contribution >= 4 is 17.2 Å². The molecule has 0 aliphatic heterocycles. The first-order chi connectivity index (χ1) is 13.4. The maximum atomic E-state index is 13.3. The Hall–Kier alpha value is -2.73. The summed E-state index contributed by atoms with van der Waals surface area (Å²) in [5, 5.41) is 0. The van der Waals surface area contributed by atoms with Gasteiger partial charge in [-0.15, -0.1) is 0 Å². The second-order valence-electron chi connectivity index (χ2n) is 6.97. The van der Waals surface area contributed by atoms with E-state index in [-0.39, 0.29) is 29.2 Å². The fourth-order valence-electron chi connectivity index (χ4n) is 3.19. The van der Waals surface area contributed by atoms with Gasteiger partial charge in [0.05, 0.1) is 5.69 Å². The first-order valence-corrected chi connectivity index (χ1v) is 9.98. The van der Waals surface area contributed by atoms with E-state index in [2.05, 4.69) is 0 Å². The number of thiazole rings is 1. The van der Waals surface area contributed by atoms with Gasteiger partial charge in [0.1, 0.15) is 12.4 Å². The number of amides is 1. The van der Waals surface area contributed by atoms with Gasteiger partial charge in [0, 0.05) is 17.5 Å². The number of nitrogens with zero attached hydrogens (tertiary/aromatic N) is 2. The summed E-state index contributed by atoms with van der Waals surface area (Å²) in [4.78, 5) is 28.0. The number of halogens is 1. The predicted octanol–water partition coefficient (Wildman–Crippen LogP) is 4.46. The quantitative estimate of drug-likeness (QED) is 0.615. The van der Waals surface area contributed by atoms with Crippen molar-refractivity contribution in [2.45, 2.75) is 39.9 Å². The summed E-state index contributed by atoms with van der Waals surface area (Å²) < 4.78 is 14.8. The average molecular weight is 399 g/mol. The Morgan fingerprint density at radius 2 is 1.75 bits per heavy atom. The Labute approximate surface area is 167 Å². The third kappa shape index (κ3) is 4.39. The Bertz CT molecular complexity index is 1010. The number of carbonyl (C=O) groups is 1. The Morgan fingerprint density at radius 3 is 2.36 bits per heavy atom. The van der Waals surface area contributed by atoms with Crippen molar-refractivity contribution in [2.24, 2.45) is 0 Å². The van der Waals surface area contributed by atoms with Crippen LogP contribution in [0, 0.1) is 12.7 Å². The molecule has 0 saturated heterocycles. The lowest BCUT2D eigenvalue weighted by molar-refractivity contribution is -0.134. The molecule has 28 heavy (non-hydrogen) atoms. The molecule has 3 rings (SSSR count). The van der Waals surface area contributed by atoms with Crippen molar-refractivity contribution < 1.29 is 9.18 Å². The van der Waals surface area contributed by atoms with E-state index in [4.69, 9.17) is 0 Å². The highest BCUT2D eigenvalue weighted by atomic mass is 32.1. The molecular formula is C22H23FN2O2S. The average Bonchev–Trinajstić information content (AvgIpc) is 2.94. The molecule has 0 saturated carbocycles. The minimum absolute atomic E-state index is 0.00240. The molecule has 0 fully saturated rings. The Morgan fingerprint density at radius 1 is 1.11 bits per heavy atom. The summed E-state index contributed by atoms with van der Waals surface area (Å²) in [6.45, 7) is 6.21.